The SMILES string of the molecule is CC=C(C)N=C(N)c1cc(C)cnc1N1CCC(NC2CCCCC2)C(OC)C1. The van der Waals surface area contributed by atoms with Gasteiger partial charge in [0.15, 0.2) is 0 Å². The Balaban J connectivity index is 1.77. The molecule has 0 aromatic carbocycles. The van der Waals surface area contributed by atoms with Crippen LogP contribution in [-0.4, -0.2) is 49.2 Å². The molecule has 3 N–H and O–H groups in total. The average molecular weight is 400 g/mol. The number of aliphatic imine (C=N–C) groups is 1. The maximum absolute atomic E-state index is 6.36. The molecule has 0 bridgehead atoms. The van der Waals surface area contributed by atoms with Gasteiger partial charge in [0.2, 0.25) is 0 Å². The smallest absolute Gasteiger partial charge is 0.139 e. The van der Waals surface area contributed by atoms with Gasteiger partial charge in [-0.25, -0.2) is 9.98 Å². The highest BCUT2D eigenvalue weighted by molar-refractivity contribution is 6.02. The minimum atomic E-state index is 0.136. The molecule has 2 aliphatic rings. The molecular formula is C23H37N5O. The van der Waals surface area contributed by atoms with E-state index in [1.807, 2.05) is 40.2 Å². The summed E-state index contributed by atoms with van der Waals surface area (Å²) in [5, 5.41) is 3.88. The van der Waals surface area contributed by atoms with E-state index in [4.69, 9.17) is 15.5 Å². The molecule has 1 saturated carbocycles. The zero-order valence-corrected chi connectivity index (χ0v) is 18.4. The van der Waals surface area contributed by atoms with Gasteiger partial charge >= 0.3 is 0 Å². The maximum Gasteiger partial charge on any atom is 0.139 e. The number of anilines is 1. The number of nitrogens with zero attached hydrogens (tertiary/aromatic N) is 3. The fourth-order valence-corrected chi connectivity index (χ4v) is 4.43. The van der Waals surface area contributed by atoms with Crippen LogP contribution in [-0.2, 0) is 4.74 Å². The Kier molecular flexibility index (Phi) is 7.67. The van der Waals surface area contributed by atoms with Gasteiger partial charge in [-0.3, -0.25) is 0 Å². The molecule has 0 radical (unpaired) electrons. The van der Waals surface area contributed by atoms with Crippen molar-refractivity contribution in [3.05, 3.63) is 35.2 Å². The van der Waals surface area contributed by atoms with Gasteiger partial charge in [-0.15, -0.1) is 0 Å². The number of aryl methyl sites for hydroxylation is 1. The number of pyridine rings is 1. The fourth-order valence-electron chi connectivity index (χ4n) is 4.43. The number of nitrogens with one attached hydrogen (secondary N) is 1. The van der Waals surface area contributed by atoms with Crippen LogP contribution in [0.2, 0.25) is 0 Å². The summed E-state index contributed by atoms with van der Waals surface area (Å²) in [6, 6.07) is 3.11. The van der Waals surface area contributed by atoms with Crippen LogP contribution >= 0.6 is 0 Å². The molecule has 1 aromatic heterocycles. The number of allylic oxidation sites excluding steroid dienone is 2. The number of ether oxygens (including phenoxy) is 1. The maximum atomic E-state index is 6.36. The molecule has 6 nitrogen and oxygen atoms in total. The number of nitrogens with two attached hydrogens (primary N) is 1. The van der Waals surface area contributed by atoms with E-state index in [9.17, 15) is 0 Å². The first kappa shape index (κ1) is 21.8. The lowest BCUT2D eigenvalue weighted by Gasteiger charge is -2.41. The summed E-state index contributed by atoms with van der Waals surface area (Å²) in [6.45, 7) is 7.70. The van der Waals surface area contributed by atoms with E-state index in [0.717, 1.165) is 42.2 Å². The van der Waals surface area contributed by atoms with E-state index in [0.29, 0.717) is 17.9 Å². The molecule has 1 aliphatic heterocycles. The van der Waals surface area contributed by atoms with E-state index in [1.165, 1.54) is 32.1 Å². The molecule has 2 heterocycles. The minimum absolute atomic E-state index is 0.136. The highest BCUT2D eigenvalue weighted by Crippen LogP contribution is 2.26. The van der Waals surface area contributed by atoms with Crippen molar-refractivity contribution in [1.82, 2.24) is 10.3 Å². The molecule has 1 aromatic rings. The Bertz CT molecular complexity index is 739. The minimum Gasteiger partial charge on any atom is -0.383 e. The normalized spacial score (nSPS) is 24.8. The number of amidine groups is 1. The molecule has 6 heteroatoms. The van der Waals surface area contributed by atoms with Crippen LogP contribution < -0.4 is 16.0 Å². The van der Waals surface area contributed by atoms with Crippen molar-refractivity contribution in [3.8, 4) is 0 Å². The summed E-state index contributed by atoms with van der Waals surface area (Å²) in [5.41, 5.74) is 9.25. The number of methoxy groups -OCH3 is 1. The zero-order valence-electron chi connectivity index (χ0n) is 18.4. The van der Waals surface area contributed by atoms with Gasteiger partial charge in [-0.2, -0.15) is 0 Å². The van der Waals surface area contributed by atoms with E-state index in [1.54, 1.807) is 0 Å². The first-order valence-corrected chi connectivity index (χ1v) is 11.0. The van der Waals surface area contributed by atoms with Gasteiger partial charge in [0, 0.05) is 44.2 Å². The zero-order chi connectivity index (χ0) is 20.8. The van der Waals surface area contributed by atoms with Crippen molar-refractivity contribution in [2.45, 2.75) is 77.5 Å². The number of hydrogen-bond donors (Lipinski definition) is 2. The molecule has 2 fully saturated rings. The average Bonchev–Trinajstić information content (AvgIpc) is 2.74. The molecule has 0 amide bonds. The predicted octanol–water partition coefficient (Wildman–Crippen LogP) is 3.54. The summed E-state index contributed by atoms with van der Waals surface area (Å²) in [6.07, 6.45) is 11.7. The lowest BCUT2D eigenvalue weighted by molar-refractivity contribution is 0.0534. The third-order valence-electron chi connectivity index (χ3n) is 6.21. The van der Waals surface area contributed by atoms with Crippen LogP contribution in [0.15, 0.2) is 29.0 Å². The fraction of sp³-hybridized carbons (Fsp3) is 0.652. The van der Waals surface area contributed by atoms with Gasteiger partial charge in [0.05, 0.1) is 11.7 Å². The first-order valence-electron chi connectivity index (χ1n) is 11.0. The summed E-state index contributed by atoms with van der Waals surface area (Å²) < 4.78 is 5.90. The molecule has 29 heavy (non-hydrogen) atoms. The van der Waals surface area contributed by atoms with Crippen molar-refractivity contribution in [2.75, 3.05) is 25.1 Å². The highest BCUT2D eigenvalue weighted by Gasteiger charge is 2.32. The molecule has 3 rings (SSSR count). The van der Waals surface area contributed by atoms with Gasteiger partial charge in [-0.1, -0.05) is 25.3 Å². The lowest BCUT2D eigenvalue weighted by atomic mass is 9.92. The number of aromatic nitrogens is 1. The monoisotopic (exact) mass is 399 g/mol. The summed E-state index contributed by atoms with van der Waals surface area (Å²) in [7, 11) is 1.82. The Hall–Kier alpha value is -1.92. The third-order valence-corrected chi connectivity index (χ3v) is 6.21. The molecule has 1 aliphatic carbocycles. The predicted molar refractivity (Wildman–Crippen MR) is 121 cm³/mol. The summed E-state index contributed by atoms with van der Waals surface area (Å²) in [5.74, 6) is 1.42. The summed E-state index contributed by atoms with van der Waals surface area (Å²) >= 11 is 0. The second-order valence-corrected chi connectivity index (χ2v) is 8.43. The van der Waals surface area contributed by atoms with Crippen LogP contribution in [0.4, 0.5) is 5.82 Å². The van der Waals surface area contributed by atoms with Crippen LogP contribution in [0.5, 0.6) is 0 Å². The number of rotatable bonds is 6. The first-order chi connectivity index (χ1) is 14.0. The Morgan fingerprint density at radius 1 is 1.31 bits per heavy atom. The van der Waals surface area contributed by atoms with Crippen molar-refractivity contribution >= 4 is 11.7 Å². The van der Waals surface area contributed by atoms with Crippen LogP contribution in [0.1, 0.15) is 63.5 Å². The molecular weight excluding hydrogens is 362 g/mol. The van der Waals surface area contributed by atoms with Crippen molar-refractivity contribution in [3.63, 3.8) is 0 Å². The van der Waals surface area contributed by atoms with Crippen molar-refractivity contribution < 1.29 is 4.74 Å². The van der Waals surface area contributed by atoms with Gasteiger partial charge in [0.25, 0.3) is 0 Å². The Morgan fingerprint density at radius 3 is 2.76 bits per heavy atom. The standard InChI is InChI=1S/C23H37N5O/c1-5-17(3)26-22(24)19-13-16(2)14-25-23(19)28-12-11-20(21(15-28)29-4)27-18-9-7-6-8-10-18/h5,13-14,18,20-21,27H,6-12,15H2,1-4H3,(H2,24,26). The topological polar surface area (TPSA) is 75.8 Å². The number of hydrogen-bond acceptors (Lipinski definition) is 5. The molecule has 2 unspecified atom stereocenters. The second kappa shape index (κ2) is 10.2. The van der Waals surface area contributed by atoms with E-state index < -0.39 is 0 Å². The van der Waals surface area contributed by atoms with E-state index in [-0.39, 0.29) is 6.10 Å². The van der Waals surface area contributed by atoms with Crippen molar-refractivity contribution in [1.29, 1.82) is 0 Å². The van der Waals surface area contributed by atoms with Crippen molar-refractivity contribution in [2.24, 2.45) is 10.7 Å². The Labute approximate surface area is 175 Å². The quantitative estimate of drug-likeness (QED) is 0.565. The third kappa shape index (κ3) is 5.58. The van der Waals surface area contributed by atoms with Crippen LogP contribution in [0.3, 0.4) is 0 Å². The number of piperidine rings is 1. The van der Waals surface area contributed by atoms with E-state index >= 15 is 0 Å². The van der Waals surface area contributed by atoms with E-state index in [2.05, 4.69) is 21.3 Å². The van der Waals surface area contributed by atoms with Crippen LogP contribution in [0.25, 0.3) is 0 Å². The Morgan fingerprint density at radius 2 is 2.07 bits per heavy atom. The molecule has 160 valence electrons. The molecule has 2 atom stereocenters. The largest absolute Gasteiger partial charge is 0.383 e. The van der Waals surface area contributed by atoms with Crippen LogP contribution in [0, 0.1) is 6.92 Å². The van der Waals surface area contributed by atoms with Gasteiger partial charge < -0.3 is 20.7 Å². The molecule has 1 saturated heterocycles. The van der Waals surface area contributed by atoms with Gasteiger partial charge in [0.1, 0.15) is 11.7 Å². The second-order valence-electron chi connectivity index (χ2n) is 8.43. The lowest BCUT2D eigenvalue weighted by Crippen LogP contribution is -2.56. The van der Waals surface area contributed by atoms with Gasteiger partial charge in [-0.05, 0) is 51.7 Å². The summed E-state index contributed by atoms with van der Waals surface area (Å²) in [4.78, 5) is 11.6. The highest BCUT2D eigenvalue weighted by atomic mass is 16.5. The molecule has 0 spiro atoms.